The predicted molar refractivity (Wildman–Crippen MR) is 172 cm³/mol. The first-order valence-electron chi connectivity index (χ1n) is 14.5. The topological polar surface area (TPSA) is 118 Å². The quantitative estimate of drug-likeness (QED) is 0.296. The number of carbonyl (C=O) groups excluding carboxylic acids is 2. The van der Waals surface area contributed by atoms with Crippen LogP contribution in [0.15, 0.2) is 61.9 Å². The normalized spacial score (nSPS) is 16.6. The monoisotopic (exact) mass is 699 g/mol. The van der Waals surface area contributed by atoms with E-state index in [0.29, 0.717) is 75.2 Å². The van der Waals surface area contributed by atoms with Gasteiger partial charge in [-0.2, -0.15) is 0 Å². The van der Waals surface area contributed by atoms with Gasteiger partial charge in [-0.1, -0.05) is 39.4 Å². The Morgan fingerprint density at radius 1 is 1.09 bits per heavy atom. The van der Waals surface area contributed by atoms with E-state index in [1.54, 1.807) is 56.2 Å². The summed E-state index contributed by atoms with van der Waals surface area (Å²) in [5.41, 5.74) is 1.79. The minimum atomic E-state index is -0.832. The summed E-state index contributed by atoms with van der Waals surface area (Å²) in [5.74, 6) is 0.886. The minimum Gasteiger partial charge on any atom is -0.493 e. The molecule has 238 valence electrons. The first-order valence-corrected chi connectivity index (χ1v) is 16.1. The summed E-state index contributed by atoms with van der Waals surface area (Å²) in [6.45, 7) is 8.01. The maximum atomic E-state index is 14.0. The second-order valence-electron chi connectivity index (χ2n) is 10.1. The molecule has 0 radical (unpaired) electrons. The number of amides is 1. The van der Waals surface area contributed by atoms with Crippen molar-refractivity contribution in [3.8, 4) is 17.2 Å². The zero-order valence-electron chi connectivity index (χ0n) is 25.5. The molecule has 0 spiro atoms. The van der Waals surface area contributed by atoms with Crippen LogP contribution in [-0.4, -0.2) is 74.6 Å². The highest BCUT2D eigenvalue weighted by molar-refractivity contribution is 9.10. The lowest BCUT2D eigenvalue weighted by molar-refractivity contribution is -0.139. The number of carbonyl (C=O) groups is 2. The number of aromatic nitrogens is 1. The molecule has 2 aliphatic rings. The standard InChI is InChI=1S/C32H34BrN3O8S/c1-5-42-25-16-22(23(33)17-24(25)40-4)29-28(31(39)43-6-2)19(3)34-32-36(29)30(38)26(45-32)15-20-7-9-21(10-8-20)44-18-27(37)35-11-13-41-14-12-35/h7-10,15-17,29H,5-6,11-14,18H2,1-4H3/b26-15+/t29-/m0/s1. The van der Waals surface area contributed by atoms with Gasteiger partial charge >= 0.3 is 5.97 Å². The van der Waals surface area contributed by atoms with Crippen LogP contribution >= 0.6 is 27.3 Å². The van der Waals surface area contributed by atoms with Crippen LogP contribution in [0.4, 0.5) is 0 Å². The van der Waals surface area contributed by atoms with Gasteiger partial charge in [0.25, 0.3) is 11.5 Å². The van der Waals surface area contributed by atoms with Crippen molar-refractivity contribution in [2.24, 2.45) is 4.99 Å². The predicted octanol–water partition coefficient (Wildman–Crippen LogP) is 3.21. The van der Waals surface area contributed by atoms with Crippen LogP contribution in [0.3, 0.4) is 0 Å². The van der Waals surface area contributed by atoms with E-state index >= 15 is 0 Å². The zero-order valence-corrected chi connectivity index (χ0v) is 27.9. The summed E-state index contributed by atoms with van der Waals surface area (Å²) in [5, 5.41) is 0. The highest BCUT2D eigenvalue weighted by Gasteiger charge is 2.35. The van der Waals surface area contributed by atoms with Crippen molar-refractivity contribution in [2.75, 3.05) is 53.2 Å². The van der Waals surface area contributed by atoms with Gasteiger partial charge in [-0.05, 0) is 62.2 Å². The summed E-state index contributed by atoms with van der Waals surface area (Å²) in [7, 11) is 1.55. The van der Waals surface area contributed by atoms with Crippen LogP contribution in [-0.2, 0) is 19.1 Å². The molecule has 0 N–H and O–H groups in total. The molecule has 1 aromatic heterocycles. The maximum absolute atomic E-state index is 14.0. The maximum Gasteiger partial charge on any atom is 0.338 e. The number of morpholine rings is 1. The molecule has 2 aromatic carbocycles. The fourth-order valence-corrected chi connectivity index (χ4v) is 6.72. The van der Waals surface area contributed by atoms with E-state index in [2.05, 4.69) is 20.9 Å². The second-order valence-corrected chi connectivity index (χ2v) is 12.0. The molecule has 1 saturated heterocycles. The Bertz CT molecular complexity index is 1790. The Hall–Kier alpha value is -3.94. The molecule has 2 aliphatic heterocycles. The van der Waals surface area contributed by atoms with E-state index in [1.165, 1.54) is 15.9 Å². The van der Waals surface area contributed by atoms with Crippen molar-refractivity contribution in [3.05, 3.63) is 83.0 Å². The molecule has 0 unspecified atom stereocenters. The zero-order chi connectivity index (χ0) is 32.1. The smallest absolute Gasteiger partial charge is 0.338 e. The molecule has 11 nitrogen and oxygen atoms in total. The van der Waals surface area contributed by atoms with Crippen molar-refractivity contribution in [1.29, 1.82) is 0 Å². The van der Waals surface area contributed by atoms with Crippen LogP contribution in [0.1, 0.15) is 37.9 Å². The van der Waals surface area contributed by atoms with E-state index in [1.807, 2.05) is 19.1 Å². The molecular weight excluding hydrogens is 666 g/mol. The number of halogens is 1. The van der Waals surface area contributed by atoms with Gasteiger partial charge in [0, 0.05) is 17.6 Å². The largest absolute Gasteiger partial charge is 0.493 e. The number of methoxy groups -OCH3 is 1. The van der Waals surface area contributed by atoms with Gasteiger partial charge < -0.3 is 28.6 Å². The summed E-state index contributed by atoms with van der Waals surface area (Å²) < 4.78 is 30.3. The van der Waals surface area contributed by atoms with Crippen LogP contribution in [0.25, 0.3) is 6.08 Å². The number of thiazole rings is 1. The third-order valence-electron chi connectivity index (χ3n) is 7.30. The second kappa shape index (κ2) is 14.4. The van der Waals surface area contributed by atoms with Crippen molar-refractivity contribution < 1.29 is 33.3 Å². The molecule has 1 fully saturated rings. The summed E-state index contributed by atoms with van der Waals surface area (Å²) in [6, 6.07) is 9.83. The number of benzene rings is 2. The van der Waals surface area contributed by atoms with Gasteiger partial charge in [-0.3, -0.25) is 14.2 Å². The van der Waals surface area contributed by atoms with Gasteiger partial charge in [-0.25, -0.2) is 9.79 Å². The number of esters is 1. The van der Waals surface area contributed by atoms with Crippen LogP contribution in [0.5, 0.6) is 17.2 Å². The number of rotatable bonds is 10. The number of hydrogen-bond donors (Lipinski definition) is 0. The van der Waals surface area contributed by atoms with Gasteiger partial charge in [-0.15, -0.1) is 0 Å². The first kappa shape index (κ1) is 32.5. The molecule has 13 heteroatoms. The summed E-state index contributed by atoms with van der Waals surface area (Å²) in [6.07, 6.45) is 1.77. The number of allylic oxidation sites excluding steroid dienone is 1. The Kier molecular flexibility index (Phi) is 10.4. The fourth-order valence-electron chi connectivity index (χ4n) is 5.13. The lowest BCUT2D eigenvalue weighted by Gasteiger charge is -2.26. The lowest BCUT2D eigenvalue weighted by atomic mass is 9.95. The first-order chi connectivity index (χ1) is 21.7. The Morgan fingerprint density at radius 3 is 2.49 bits per heavy atom. The van der Waals surface area contributed by atoms with Crippen molar-refractivity contribution >= 4 is 45.2 Å². The highest BCUT2D eigenvalue weighted by atomic mass is 79.9. The van der Waals surface area contributed by atoms with E-state index in [9.17, 15) is 14.4 Å². The van der Waals surface area contributed by atoms with Crippen LogP contribution in [0, 0.1) is 0 Å². The molecule has 45 heavy (non-hydrogen) atoms. The van der Waals surface area contributed by atoms with Gasteiger partial charge in [0.1, 0.15) is 5.75 Å². The van der Waals surface area contributed by atoms with E-state index in [-0.39, 0.29) is 30.3 Å². The number of fused-ring (bicyclic) bond motifs is 1. The lowest BCUT2D eigenvalue weighted by Crippen LogP contribution is -2.42. The third-order valence-corrected chi connectivity index (χ3v) is 8.97. The summed E-state index contributed by atoms with van der Waals surface area (Å²) >= 11 is 4.86. The molecule has 1 amide bonds. The van der Waals surface area contributed by atoms with E-state index in [0.717, 1.165) is 5.56 Å². The van der Waals surface area contributed by atoms with E-state index in [4.69, 9.17) is 23.7 Å². The Morgan fingerprint density at radius 2 is 1.82 bits per heavy atom. The molecule has 1 atom stereocenters. The van der Waals surface area contributed by atoms with E-state index < -0.39 is 12.0 Å². The number of nitrogens with zero attached hydrogens (tertiary/aromatic N) is 3. The average Bonchev–Trinajstić information content (AvgIpc) is 3.34. The fraction of sp³-hybridized carbons (Fsp3) is 0.375. The summed E-state index contributed by atoms with van der Waals surface area (Å²) in [4.78, 5) is 46.6. The molecule has 0 aliphatic carbocycles. The molecule has 5 rings (SSSR count). The molecule has 0 saturated carbocycles. The molecule has 3 heterocycles. The third kappa shape index (κ3) is 7.00. The van der Waals surface area contributed by atoms with Crippen molar-refractivity contribution in [1.82, 2.24) is 9.47 Å². The average molecular weight is 701 g/mol. The van der Waals surface area contributed by atoms with Crippen molar-refractivity contribution in [3.63, 3.8) is 0 Å². The highest BCUT2D eigenvalue weighted by Crippen LogP contribution is 2.41. The number of hydrogen-bond acceptors (Lipinski definition) is 10. The molecule has 3 aromatic rings. The van der Waals surface area contributed by atoms with Crippen LogP contribution in [0.2, 0.25) is 0 Å². The van der Waals surface area contributed by atoms with Gasteiger partial charge in [0.2, 0.25) is 0 Å². The Labute approximate surface area is 272 Å². The minimum absolute atomic E-state index is 0.0635. The van der Waals surface area contributed by atoms with Crippen LogP contribution < -0.4 is 29.1 Å². The van der Waals surface area contributed by atoms with Gasteiger partial charge in [0.15, 0.2) is 22.9 Å². The SMILES string of the molecule is CCOC(=O)C1=C(C)N=c2s/c(=C/c3ccc(OCC(=O)N4CCOCC4)cc3)c(=O)n2[C@H]1c1cc(OCC)c(OC)cc1Br. The molecular formula is C32H34BrN3O8S. The number of ether oxygens (including phenoxy) is 5. The Balaban J connectivity index is 1.51. The molecule has 0 bridgehead atoms. The van der Waals surface area contributed by atoms with Crippen molar-refractivity contribution in [2.45, 2.75) is 26.8 Å². The van der Waals surface area contributed by atoms with Gasteiger partial charge in [0.05, 0.1) is 55.4 Å².